The van der Waals surface area contributed by atoms with E-state index in [-0.39, 0.29) is 26.4 Å². The molecular weight excluding hydrogens is 238 g/mol. The summed E-state index contributed by atoms with van der Waals surface area (Å²) in [5.41, 5.74) is 4.84. The highest BCUT2D eigenvalue weighted by Crippen LogP contribution is 1.86. The summed E-state index contributed by atoms with van der Waals surface area (Å²) in [4.78, 5) is 19.6. The van der Waals surface area contributed by atoms with E-state index in [1.54, 1.807) is 0 Å². The monoisotopic (exact) mass is 257 g/mol. The van der Waals surface area contributed by atoms with E-state index in [2.05, 4.69) is 0 Å². The first-order valence-electron chi connectivity index (χ1n) is 4.50. The molecule has 9 heteroatoms. The molecule has 0 bridgehead atoms. The van der Waals surface area contributed by atoms with Gasteiger partial charge in [0.15, 0.2) is 0 Å². The van der Waals surface area contributed by atoms with E-state index in [0.717, 1.165) is 0 Å². The van der Waals surface area contributed by atoms with E-state index in [0.29, 0.717) is 0 Å². The molecule has 17 heavy (non-hydrogen) atoms. The standard InChI is InChI=1S/C4H7NO4.2C2H6O2/c5-2(4(8)9)1-3(6)7;2*3-1-2-4/h2H,1,5H2,(H,6,7)(H,8,9);2*3-4H,1-2H2. The summed E-state index contributed by atoms with van der Waals surface area (Å²) < 4.78 is 0. The zero-order chi connectivity index (χ0) is 14.3. The molecule has 0 aliphatic carbocycles. The molecule has 0 saturated heterocycles. The molecule has 0 fully saturated rings. The summed E-state index contributed by atoms with van der Waals surface area (Å²) in [6, 6.07) is -1.29. The number of nitrogens with two attached hydrogens (primary N) is 1. The van der Waals surface area contributed by atoms with Gasteiger partial charge in [0.2, 0.25) is 0 Å². The number of hydrogen-bond acceptors (Lipinski definition) is 7. The molecule has 0 heterocycles. The minimum absolute atomic E-state index is 0.125. The van der Waals surface area contributed by atoms with Gasteiger partial charge in [0, 0.05) is 0 Å². The molecule has 0 aromatic heterocycles. The second-order valence-electron chi connectivity index (χ2n) is 2.44. The Labute approximate surface area is 97.7 Å². The molecule has 0 aliphatic heterocycles. The molecule has 0 rings (SSSR count). The number of rotatable bonds is 5. The molecule has 0 aliphatic rings. The Morgan fingerprint density at radius 2 is 1.18 bits per heavy atom. The fourth-order valence-corrected chi connectivity index (χ4v) is 0.275. The lowest BCUT2D eigenvalue weighted by Gasteiger charge is -1.99. The fraction of sp³-hybridized carbons (Fsp3) is 0.750. The summed E-state index contributed by atoms with van der Waals surface area (Å²) >= 11 is 0. The van der Waals surface area contributed by atoms with Crippen molar-refractivity contribution < 1.29 is 40.2 Å². The number of carboxylic acid groups (broad SMARTS) is 2. The number of aliphatic hydroxyl groups excluding tert-OH is 4. The first kappa shape index (κ1) is 21.1. The van der Waals surface area contributed by atoms with Crippen LogP contribution in [0.5, 0.6) is 0 Å². The summed E-state index contributed by atoms with van der Waals surface area (Å²) in [5, 5.41) is 46.5. The van der Waals surface area contributed by atoms with Crippen molar-refractivity contribution in [3.05, 3.63) is 0 Å². The van der Waals surface area contributed by atoms with E-state index >= 15 is 0 Å². The van der Waals surface area contributed by atoms with E-state index in [1.807, 2.05) is 0 Å². The zero-order valence-corrected chi connectivity index (χ0v) is 9.19. The molecule has 0 aromatic carbocycles. The Kier molecular flexibility index (Phi) is 21.2. The molecular formula is C8H19NO8. The van der Waals surface area contributed by atoms with Crippen LogP contribution in [0.15, 0.2) is 0 Å². The molecule has 0 amide bonds. The quantitative estimate of drug-likeness (QED) is 0.267. The van der Waals surface area contributed by atoms with Crippen LogP contribution in [0.25, 0.3) is 0 Å². The Balaban J connectivity index is -0.000000205. The van der Waals surface area contributed by atoms with Crippen molar-refractivity contribution in [2.45, 2.75) is 12.5 Å². The van der Waals surface area contributed by atoms with Crippen molar-refractivity contribution in [1.82, 2.24) is 0 Å². The highest BCUT2D eigenvalue weighted by Gasteiger charge is 2.14. The van der Waals surface area contributed by atoms with Crippen molar-refractivity contribution in [2.24, 2.45) is 5.73 Å². The van der Waals surface area contributed by atoms with Crippen molar-refractivity contribution >= 4 is 11.9 Å². The van der Waals surface area contributed by atoms with E-state index in [1.165, 1.54) is 0 Å². The summed E-state index contributed by atoms with van der Waals surface area (Å²) in [6.45, 7) is -0.500. The SMILES string of the molecule is NC(CC(=O)O)C(=O)O.OCCO.OCCO. The molecule has 0 spiro atoms. The average Bonchev–Trinajstić information content (AvgIpc) is 2.28. The lowest BCUT2D eigenvalue weighted by Crippen LogP contribution is -2.32. The number of aliphatic hydroxyl groups is 4. The van der Waals surface area contributed by atoms with Gasteiger partial charge in [0.25, 0.3) is 0 Å². The molecule has 9 nitrogen and oxygen atoms in total. The van der Waals surface area contributed by atoms with Gasteiger partial charge >= 0.3 is 11.9 Å². The molecule has 1 unspecified atom stereocenters. The van der Waals surface area contributed by atoms with Crippen LogP contribution >= 0.6 is 0 Å². The largest absolute Gasteiger partial charge is 0.481 e. The van der Waals surface area contributed by atoms with Gasteiger partial charge in [-0.25, -0.2) is 0 Å². The van der Waals surface area contributed by atoms with Crippen LogP contribution in [-0.2, 0) is 9.59 Å². The van der Waals surface area contributed by atoms with Gasteiger partial charge in [-0.3, -0.25) is 9.59 Å². The minimum atomic E-state index is -1.29. The Morgan fingerprint density at radius 3 is 1.24 bits per heavy atom. The predicted molar refractivity (Wildman–Crippen MR) is 56.2 cm³/mol. The van der Waals surface area contributed by atoms with Gasteiger partial charge in [0.05, 0.1) is 32.8 Å². The van der Waals surface area contributed by atoms with Crippen LogP contribution < -0.4 is 5.73 Å². The molecule has 1 atom stereocenters. The van der Waals surface area contributed by atoms with Crippen LogP contribution in [0.4, 0.5) is 0 Å². The van der Waals surface area contributed by atoms with Crippen molar-refractivity contribution in [3.63, 3.8) is 0 Å². The third-order valence-electron chi connectivity index (χ3n) is 0.912. The van der Waals surface area contributed by atoms with Gasteiger partial charge in [-0.15, -0.1) is 0 Å². The highest BCUT2D eigenvalue weighted by molar-refractivity contribution is 5.80. The van der Waals surface area contributed by atoms with E-state index < -0.39 is 24.4 Å². The zero-order valence-electron chi connectivity index (χ0n) is 9.19. The summed E-state index contributed by atoms with van der Waals surface area (Å²) in [6.07, 6.45) is -0.532. The van der Waals surface area contributed by atoms with Gasteiger partial charge < -0.3 is 36.4 Å². The third kappa shape index (κ3) is 31.3. The van der Waals surface area contributed by atoms with Crippen LogP contribution in [-0.4, -0.2) is 75.0 Å². The highest BCUT2D eigenvalue weighted by atomic mass is 16.4. The molecule has 104 valence electrons. The maximum atomic E-state index is 9.85. The lowest BCUT2D eigenvalue weighted by atomic mass is 10.2. The second-order valence-corrected chi connectivity index (χ2v) is 2.44. The summed E-state index contributed by atoms with van der Waals surface area (Å²) in [5.74, 6) is -2.50. The number of aliphatic carboxylic acids is 2. The third-order valence-corrected chi connectivity index (χ3v) is 0.912. The van der Waals surface area contributed by atoms with Crippen LogP contribution in [0.1, 0.15) is 6.42 Å². The maximum Gasteiger partial charge on any atom is 0.321 e. The van der Waals surface area contributed by atoms with Crippen LogP contribution in [0.2, 0.25) is 0 Å². The number of hydrogen-bond donors (Lipinski definition) is 7. The predicted octanol–water partition coefficient (Wildman–Crippen LogP) is -3.18. The smallest absolute Gasteiger partial charge is 0.321 e. The van der Waals surface area contributed by atoms with E-state index in [4.69, 9.17) is 36.4 Å². The Hall–Kier alpha value is -1.26. The van der Waals surface area contributed by atoms with Crippen LogP contribution in [0.3, 0.4) is 0 Å². The molecule has 0 radical (unpaired) electrons. The van der Waals surface area contributed by atoms with Gasteiger partial charge in [-0.1, -0.05) is 0 Å². The van der Waals surface area contributed by atoms with E-state index in [9.17, 15) is 9.59 Å². The van der Waals surface area contributed by atoms with Crippen LogP contribution in [0, 0.1) is 0 Å². The normalized spacial score (nSPS) is 10.2. The molecule has 0 aromatic rings. The lowest BCUT2D eigenvalue weighted by molar-refractivity contribution is -0.144. The number of carbonyl (C=O) groups is 2. The fourth-order valence-electron chi connectivity index (χ4n) is 0.275. The van der Waals surface area contributed by atoms with Gasteiger partial charge in [-0.05, 0) is 0 Å². The first-order valence-corrected chi connectivity index (χ1v) is 4.50. The summed E-state index contributed by atoms with van der Waals surface area (Å²) in [7, 11) is 0. The van der Waals surface area contributed by atoms with Crippen molar-refractivity contribution in [3.8, 4) is 0 Å². The number of carboxylic acids is 2. The Bertz CT molecular complexity index is 178. The first-order chi connectivity index (χ1) is 7.87. The van der Waals surface area contributed by atoms with Gasteiger partial charge in [-0.2, -0.15) is 0 Å². The van der Waals surface area contributed by atoms with Crippen molar-refractivity contribution in [2.75, 3.05) is 26.4 Å². The van der Waals surface area contributed by atoms with Crippen molar-refractivity contribution in [1.29, 1.82) is 0 Å². The topological polar surface area (TPSA) is 182 Å². The minimum Gasteiger partial charge on any atom is -0.481 e. The maximum absolute atomic E-state index is 9.85. The Morgan fingerprint density at radius 1 is 0.882 bits per heavy atom. The average molecular weight is 257 g/mol. The molecule has 0 saturated carbocycles. The molecule has 8 N–H and O–H groups in total. The van der Waals surface area contributed by atoms with Gasteiger partial charge in [0.1, 0.15) is 6.04 Å². The second kappa shape index (κ2) is 17.1.